The van der Waals surface area contributed by atoms with Crippen molar-refractivity contribution in [3.05, 3.63) is 91.1 Å². The van der Waals surface area contributed by atoms with E-state index >= 15 is 0 Å². The number of rotatable bonds is 23. The summed E-state index contributed by atoms with van der Waals surface area (Å²) in [6, 6.07) is 15.8. The molecule has 2 aliphatic carbocycles. The van der Waals surface area contributed by atoms with Gasteiger partial charge in [-0.15, -0.1) is 24.9 Å². The van der Waals surface area contributed by atoms with Gasteiger partial charge in [0.2, 0.25) is 5.79 Å². The fourth-order valence-corrected chi connectivity index (χ4v) is 9.45. The van der Waals surface area contributed by atoms with Gasteiger partial charge in [0.1, 0.15) is 23.1 Å². The minimum atomic E-state index is -1.34. The van der Waals surface area contributed by atoms with E-state index in [4.69, 9.17) is 28.9 Å². The Kier molecular flexibility index (Phi) is 17.2. The second-order valence-electron chi connectivity index (χ2n) is 16.4. The van der Waals surface area contributed by atoms with Gasteiger partial charge in [-0.1, -0.05) is 61.3 Å². The van der Waals surface area contributed by atoms with Crippen LogP contribution in [0, 0.1) is 17.8 Å². The maximum Gasteiger partial charge on any atom is 0.410 e. The third kappa shape index (κ3) is 11.3. The number of allylic oxidation sites excluding steroid dienone is 1. The number of nitrogens with zero attached hydrogens (tertiary/aromatic N) is 2. The fourth-order valence-electron chi connectivity index (χ4n) is 8.69. The zero-order chi connectivity index (χ0) is 41.5. The highest BCUT2D eigenvalue weighted by molar-refractivity contribution is 7.99. The highest BCUT2D eigenvalue weighted by atomic mass is 32.2. The highest BCUT2D eigenvalue weighted by Gasteiger charge is 2.65. The topological polar surface area (TPSA) is 119 Å². The van der Waals surface area contributed by atoms with Gasteiger partial charge < -0.3 is 34.0 Å². The number of ether oxygens (including phenoxy) is 4. The minimum absolute atomic E-state index is 0.111. The van der Waals surface area contributed by atoms with Crippen LogP contribution in [0.3, 0.4) is 0 Å². The van der Waals surface area contributed by atoms with Crippen molar-refractivity contribution in [2.75, 3.05) is 45.3 Å². The van der Waals surface area contributed by atoms with E-state index < -0.39 is 29.4 Å². The summed E-state index contributed by atoms with van der Waals surface area (Å²) in [4.78, 5) is 23.4. The Morgan fingerprint density at radius 1 is 1.03 bits per heavy atom. The number of fused-ring (bicyclic) bond motifs is 2. The first kappa shape index (κ1) is 45.3. The molecule has 1 saturated carbocycles. The quantitative estimate of drug-likeness (QED) is 0.0489. The maximum absolute atomic E-state index is 14.2. The molecule has 1 fully saturated rings. The number of thioether (sulfide) groups is 1. The molecule has 2 aromatic carbocycles. The molecule has 1 aliphatic heterocycles. The molecular formula is C47H66N2O8S. The number of aliphatic hydroxyl groups is 2. The standard InChI is InChI=1S/C47H66N2O8S/c1-7-10-28-54-45(52)49(24-8-2)42-33-40(48-57-46(4,5)6)38-31-34(18-14-16-25-50)37(21-15-17-26-51)43-39-32-35(53-29-30-58-36-19-12-11-13-20-36)22-23-41(39)56-47(42,44(38)43)55-27-9-3/h7,9,11-13,19-20,22-23,31-32,34,37,42-44,50-51H,1,3,8,10,14-18,21,24-30,33H2,2,4-6H3. The Morgan fingerprint density at radius 2 is 1.79 bits per heavy atom. The Labute approximate surface area is 350 Å². The largest absolute Gasteiger partial charge is 0.493 e. The van der Waals surface area contributed by atoms with E-state index in [2.05, 4.69) is 37.4 Å². The van der Waals surface area contributed by atoms with Crippen molar-refractivity contribution in [2.45, 2.75) is 114 Å². The highest BCUT2D eigenvalue weighted by Crippen LogP contribution is 2.62. The van der Waals surface area contributed by atoms with Crippen molar-refractivity contribution in [3.63, 3.8) is 0 Å². The second-order valence-corrected chi connectivity index (χ2v) is 17.5. The summed E-state index contributed by atoms with van der Waals surface area (Å²) in [5, 5.41) is 24.7. The van der Waals surface area contributed by atoms with Crippen molar-refractivity contribution in [1.29, 1.82) is 0 Å². The number of oxime groups is 1. The molecule has 0 aromatic heterocycles. The summed E-state index contributed by atoms with van der Waals surface area (Å²) < 4.78 is 26.7. The van der Waals surface area contributed by atoms with Gasteiger partial charge in [0.25, 0.3) is 0 Å². The molecule has 0 spiro atoms. The lowest BCUT2D eigenvalue weighted by Gasteiger charge is -2.60. The lowest BCUT2D eigenvalue weighted by Crippen LogP contribution is -2.70. The van der Waals surface area contributed by atoms with Crippen molar-refractivity contribution >= 4 is 23.6 Å². The number of unbranched alkanes of at least 4 members (excludes halogenated alkanes) is 2. The van der Waals surface area contributed by atoms with Crippen LogP contribution in [-0.2, 0) is 14.3 Å². The van der Waals surface area contributed by atoms with Crippen LogP contribution < -0.4 is 9.47 Å². The molecule has 5 rings (SSSR count). The Morgan fingerprint density at radius 3 is 2.48 bits per heavy atom. The number of amides is 1. The summed E-state index contributed by atoms with van der Waals surface area (Å²) >= 11 is 1.76. The second kappa shape index (κ2) is 22.0. The van der Waals surface area contributed by atoms with Crippen LogP contribution >= 0.6 is 11.8 Å². The molecule has 1 amide bonds. The van der Waals surface area contributed by atoms with E-state index in [-0.39, 0.29) is 44.2 Å². The van der Waals surface area contributed by atoms with E-state index in [1.807, 2.05) is 58.0 Å². The van der Waals surface area contributed by atoms with Crippen molar-refractivity contribution in [1.82, 2.24) is 4.90 Å². The van der Waals surface area contributed by atoms with Crippen LogP contribution in [0.4, 0.5) is 4.79 Å². The lowest BCUT2D eigenvalue weighted by atomic mass is 9.55. The van der Waals surface area contributed by atoms with Crippen LogP contribution in [0.5, 0.6) is 11.5 Å². The molecule has 318 valence electrons. The molecule has 11 heteroatoms. The maximum atomic E-state index is 14.2. The predicted molar refractivity (Wildman–Crippen MR) is 232 cm³/mol. The van der Waals surface area contributed by atoms with Gasteiger partial charge in [0.15, 0.2) is 0 Å². The molecule has 3 aliphatic rings. The van der Waals surface area contributed by atoms with Crippen molar-refractivity contribution in [2.24, 2.45) is 22.9 Å². The summed E-state index contributed by atoms with van der Waals surface area (Å²) in [6.07, 6.45) is 11.7. The van der Waals surface area contributed by atoms with Gasteiger partial charge in [-0.05, 0) is 107 Å². The normalized spacial score (nSPS) is 24.1. The average molecular weight is 819 g/mol. The smallest absolute Gasteiger partial charge is 0.410 e. The first-order valence-electron chi connectivity index (χ1n) is 21.2. The molecule has 0 radical (unpaired) electrons. The van der Waals surface area contributed by atoms with Crippen molar-refractivity contribution in [3.8, 4) is 11.5 Å². The number of carbonyl (C=O) groups excluding carboxylic acids is 1. The average Bonchev–Trinajstić information content (AvgIpc) is 3.21. The van der Waals surface area contributed by atoms with Crippen LogP contribution in [-0.4, -0.2) is 89.7 Å². The SMILES string of the molecule is C=CCCOC(=O)N(CCC)C1CC(=NOC(C)(C)C)C2=CC(CCCCO)C(CCCCO)C3c4cc(OCCSc5ccccc5)ccc4OC1(OCC=C)C23. The summed E-state index contributed by atoms with van der Waals surface area (Å²) in [6.45, 7) is 17.4. The van der Waals surface area contributed by atoms with Gasteiger partial charge in [0, 0.05) is 48.3 Å². The molecule has 1 heterocycles. The monoisotopic (exact) mass is 818 g/mol. The zero-order valence-corrected chi connectivity index (χ0v) is 35.9. The Hall–Kier alpha value is -3.77. The predicted octanol–water partition coefficient (Wildman–Crippen LogP) is 9.71. The first-order valence-corrected chi connectivity index (χ1v) is 22.2. The minimum Gasteiger partial charge on any atom is -0.493 e. The first-order chi connectivity index (χ1) is 28.1. The molecule has 58 heavy (non-hydrogen) atoms. The number of hydrogen-bond acceptors (Lipinski definition) is 10. The number of hydrogen-bond donors (Lipinski definition) is 2. The van der Waals surface area contributed by atoms with Crippen LogP contribution in [0.2, 0.25) is 0 Å². The van der Waals surface area contributed by atoms with E-state index in [1.54, 1.807) is 28.8 Å². The molecule has 6 atom stereocenters. The number of carbonyl (C=O) groups is 1. The van der Waals surface area contributed by atoms with E-state index in [1.165, 1.54) is 4.90 Å². The van der Waals surface area contributed by atoms with Gasteiger partial charge in [-0.3, -0.25) is 4.90 Å². The summed E-state index contributed by atoms with van der Waals surface area (Å²) in [5.74, 6) is 0.584. The van der Waals surface area contributed by atoms with Crippen LogP contribution in [0.15, 0.2) is 95.5 Å². The van der Waals surface area contributed by atoms with Gasteiger partial charge in [-0.2, -0.15) is 0 Å². The van der Waals surface area contributed by atoms with E-state index in [9.17, 15) is 15.0 Å². The zero-order valence-electron chi connectivity index (χ0n) is 35.1. The molecule has 10 nitrogen and oxygen atoms in total. The van der Waals surface area contributed by atoms with E-state index in [0.29, 0.717) is 51.0 Å². The summed E-state index contributed by atoms with van der Waals surface area (Å²) in [7, 11) is 0. The molecule has 0 bridgehead atoms. The number of aliphatic hydroxyl groups excluding tert-OH is 2. The Balaban J connectivity index is 1.70. The van der Waals surface area contributed by atoms with Crippen molar-refractivity contribution < 1.29 is 38.8 Å². The van der Waals surface area contributed by atoms with Crippen LogP contribution in [0.1, 0.15) is 97.0 Å². The van der Waals surface area contributed by atoms with Gasteiger partial charge >= 0.3 is 6.09 Å². The third-order valence-electron chi connectivity index (χ3n) is 11.1. The lowest BCUT2D eigenvalue weighted by molar-refractivity contribution is -0.255. The molecule has 6 unspecified atom stereocenters. The molecule has 2 N–H and O–H groups in total. The van der Waals surface area contributed by atoms with Gasteiger partial charge in [-0.25, -0.2) is 4.79 Å². The Bertz CT molecular complexity index is 1690. The molecule has 0 saturated heterocycles. The third-order valence-corrected chi connectivity index (χ3v) is 12.0. The number of benzene rings is 2. The fraction of sp³-hybridized carbons (Fsp3) is 0.574. The van der Waals surface area contributed by atoms with Gasteiger partial charge in [0.05, 0.1) is 31.5 Å². The van der Waals surface area contributed by atoms with E-state index in [0.717, 1.165) is 54.0 Å². The summed E-state index contributed by atoms with van der Waals surface area (Å²) in [5.41, 5.74) is 2.21. The molecule has 2 aromatic rings. The molecular weight excluding hydrogens is 753 g/mol. The van der Waals surface area contributed by atoms with Crippen LogP contribution in [0.25, 0.3) is 0 Å².